The summed E-state index contributed by atoms with van der Waals surface area (Å²) in [7, 11) is 0. The van der Waals surface area contributed by atoms with E-state index in [1.807, 2.05) is 23.1 Å². The van der Waals surface area contributed by atoms with E-state index >= 15 is 0 Å². The smallest absolute Gasteiger partial charge is 0.446 e. The number of aromatic nitrogens is 2. The van der Waals surface area contributed by atoms with E-state index in [1.165, 1.54) is 30.6 Å². The van der Waals surface area contributed by atoms with Crippen LogP contribution in [0.4, 0.5) is 30.5 Å². The number of ether oxygens (including phenoxy) is 2. The molecule has 200 valence electrons. The first kappa shape index (κ1) is 25.9. The van der Waals surface area contributed by atoms with E-state index in [-0.39, 0.29) is 47.3 Å². The van der Waals surface area contributed by atoms with E-state index in [4.69, 9.17) is 9.47 Å². The summed E-state index contributed by atoms with van der Waals surface area (Å²) in [5, 5.41) is 14.9. The number of fused-ring (bicyclic) bond motifs is 1. The number of halogens is 3. The van der Waals surface area contributed by atoms with Gasteiger partial charge in [0.25, 0.3) is 0 Å². The Kier molecular flexibility index (Phi) is 7.42. The van der Waals surface area contributed by atoms with Crippen LogP contribution in [0.3, 0.4) is 0 Å². The van der Waals surface area contributed by atoms with Crippen LogP contribution < -0.4 is 19.7 Å². The zero-order valence-electron chi connectivity index (χ0n) is 20.0. The molecule has 2 aliphatic rings. The third kappa shape index (κ3) is 6.19. The van der Waals surface area contributed by atoms with Gasteiger partial charge in [0.05, 0.1) is 4.92 Å². The highest BCUT2D eigenvalue weighted by Gasteiger charge is 2.30. The summed E-state index contributed by atoms with van der Waals surface area (Å²) >= 11 is -0.197. The van der Waals surface area contributed by atoms with Gasteiger partial charge in [0.2, 0.25) is 18.4 Å². The molecule has 0 bridgehead atoms. The van der Waals surface area contributed by atoms with Gasteiger partial charge in [-0.3, -0.25) is 15.0 Å². The van der Waals surface area contributed by atoms with Crippen molar-refractivity contribution in [3.8, 4) is 11.5 Å². The molecule has 14 heteroatoms. The molecule has 1 fully saturated rings. The molecule has 3 heterocycles. The fraction of sp³-hybridized carbons (Fsp3) is 0.333. The zero-order chi connectivity index (χ0) is 26.7. The highest BCUT2D eigenvalue weighted by atomic mass is 32.2. The van der Waals surface area contributed by atoms with Crippen molar-refractivity contribution < 1.29 is 27.6 Å². The molecule has 0 radical (unpaired) electrons. The van der Waals surface area contributed by atoms with Crippen LogP contribution in [-0.2, 0) is 13.1 Å². The van der Waals surface area contributed by atoms with Gasteiger partial charge in [0.15, 0.2) is 11.5 Å². The highest BCUT2D eigenvalue weighted by Crippen LogP contribution is 2.37. The van der Waals surface area contributed by atoms with E-state index in [1.54, 1.807) is 0 Å². The minimum absolute atomic E-state index is 0.0523. The van der Waals surface area contributed by atoms with Crippen molar-refractivity contribution in [3.63, 3.8) is 0 Å². The summed E-state index contributed by atoms with van der Waals surface area (Å²) < 4.78 is 48.4. The van der Waals surface area contributed by atoms with Crippen molar-refractivity contribution in [2.24, 2.45) is 0 Å². The maximum absolute atomic E-state index is 12.5. The van der Waals surface area contributed by atoms with Gasteiger partial charge in [-0.2, -0.15) is 13.2 Å². The molecule has 0 amide bonds. The van der Waals surface area contributed by atoms with Crippen LogP contribution in [0, 0.1) is 10.1 Å². The average molecular weight is 549 g/mol. The van der Waals surface area contributed by atoms with Crippen molar-refractivity contribution >= 4 is 29.1 Å². The predicted molar refractivity (Wildman–Crippen MR) is 134 cm³/mol. The molecular formula is C24H23F3N6O4S. The van der Waals surface area contributed by atoms with E-state index in [9.17, 15) is 23.3 Å². The number of benzene rings is 2. The molecule has 0 spiro atoms. The van der Waals surface area contributed by atoms with Gasteiger partial charge in [-0.1, -0.05) is 18.2 Å². The minimum atomic E-state index is -4.37. The van der Waals surface area contributed by atoms with E-state index < -0.39 is 10.4 Å². The van der Waals surface area contributed by atoms with Gasteiger partial charge in [0.1, 0.15) is 6.33 Å². The number of nitrogens with zero attached hydrogens (tertiary/aromatic N) is 5. The SMILES string of the molecule is O=[N+]([O-])c1c(NCc2ccc(SC(F)(F)F)cc2)ncnc1N1CCN(Cc2ccc3c(c2)OCO3)CC1. The number of hydrogen-bond acceptors (Lipinski definition) is 10. The van der Waals surface area contributed by atoms with E-state index in [0.29, 0.717) is 38.3 Å². The largest absolute Gasteiger partial charge is 0.454 e. The van der Waals surface area contributed by atoms with Crippen LogP contribution in [0.15, 0.2) is 53.7 Å². The number of alkyl halides is 3. The Morgan fingerprint density at radius 1 is 1.00 bits per heavy atom. The molecule has 2 aliphatic heterocycles. The van der Waals surface area contributed by atoms with E-state index in [0.717, 1.165) is 17.1 Å². The number of thioether (sulfide) groups is 1. The zero-order valence-corrected chi connectivity index (χ0v) is 20.8. The highest BCUT2D eigenvalue weighted by molar-refractivity contribution is 8.00. The Morgan fingerprint density at radius 2 is 1.71 bits per heavy atom. The fourth-order valence-electron chi connectivity index (χ4n) is 4.31. The molecular weight excluding hydrogens is 525 g/mol. The molecule has 0 saturated carbocycles. The molecule has 2 aromatic carbocycles. The average Bonchev–Trinajstić information content (AvgIpc) is 3.35. The third-order valence-electron chi connectivity index (χ3n) is 6.12. The van der Waals surface area contributed by atoms with E-state index in [2.05, 4.69) is 20.2 Å². The van der Waals surface area contributed by atoms with Gasteiger partial charge in [-0.25, -0.2) is 9.97 Å². The summed E-state index contributed by atoms with van der Waals surface area (Å²) in [6.45, 7) is 3.53. The number of hydrogen-bond donors (Lipinski definition) is 1. The van der Waals surface area contributed by atoms with Gasteiger partial charge < -0.3 is 19.7 Å². The second-order valence-electron chi connectivity index (χ2n) is 8.65. The predicted octanol–water partition coefficient (Wildman–Crippen LogP) is 4.66. The Hall–Kier alpha value is -3.78. The molecule has 1 aromatic heterocycles. The van der Waals surface area contributed by atoms with Crippen molar-refractivity contribution in [1.82, 2.24) is 14.9 Å². The lowest BCUT2D eigenvalue weighted by Gasteiger charge is -2.35. The second kappa shape index (κ2) is 10.9. The van der Waals surface area contributed by atoms with Crippen LogP contribution in [0.5, 0.6) is 11.5 Å². The van der Waals surface area contributed by atoms with Crippen LogP contribution in [0.2, 0.25) is 0 Å². The standard InChI is InChI=1S/C24H23F3N6O4S/c25-24(26,27)38-18-4-1-16(2-5-18)12-28-22-21(33(34)35)23(30-14-29-22)32-9-7-31(8-10-32)13-17-3-6-19-20(11-17)37-15-36-19/h1-6,11,14H,7-10,12-13,15H2,(H,28,29,30). The van der Waals surface area contributed by atoms with Crippen molar-refractivity contribution in [3.05, 3.63) is 70.0 Å². The van der Waals surface area contributed by atoms with Crippen LogP contribution in [-0.4, -0.2) is 58.3 Å². The van der Waals surface area contributed by atoms with Crippen LogP contribution in [0.1, 0.15) is 11.1 Å². The lowest BCUT2D eigenvalue weighted by Crippen LogP contribution is -2.46. The summed E-state index contributed by atoms with van der Waals surface area (Å²) in [6, 6.07) is 11.6. The molecule has 0 unspecified atom stereocenters. The first-order valence-corrected chi connectivity index (χ1v) is 12.5. The lowest BCUT2D eigenvalue weighted by atomic mass is 10.1. The molecule has 1 N–H and O–H groups in total. The second-order valence-corrected chi connectivity index (χ2v) is 9.79. The maximum Gasteiger partial charge on any atom is 0.446 e. The number of nitro groups is 1. The number of rotatable bonds is 8. The van der Waals surface area contributed by atoms with Crippen LogP contribution in [0.25, 0.3) is 0 Å². The Bertz CT molecular complexity index is 1300. The molecule has 0 aliphatic carbocycles. The van der Waals surface area contributed by atoms with Crippen LogP contribution >= 0.6 is 11.8 Å². The van der Waals surface area contributed by atoms with Gasteiger partial charge in [-0.05, 0) is 47.2 Å². The Balaban J connectivity index is 1.22. The normalized spacial score (nSPS) is 15.5. The summed E-state index contributed by atoms with van der Waals surface area (Å²) in [6.07, 6.45) is 1.27. The van der Waals surface area contributed by atoms with Gasteiger partial charge in [0, 0.05) is 44.2 Å². The summed E-state index contributed by atoms with van der Waals surface area (Å²) in [5.74, 6) is 1.74. The Morgan fingerprint density at radius 3 is 2.42 bits per heavy atom. The summed E-state index contributed by atoms with van der Waals surface area (Å²) in [4.78, 5) is 23.9. The molecule has 38 heavy (non-hydrogen) atoms. The van der Waals surface area contributed by atoms with Crippen molar-refractivity contribution in [2.45, 2.75) is 23.5 Å². The quantitative estimate of drug-likeness (QED) is 0.243. The lowest BCUT2D eigenvalue weighted by molar-refractivity contribution is -0.383. The summed E-state index contributed by atoms with van der Waals surface area (Å²) in [5.41, 5.74) is -2.86. The third-order valence-corrected chi connectivity index (χ3v) is 6.86. The minimum Gasteiger partial charge on any atom is -0.454 e. The Labute approximate surface area is 219 Å². The molecule has 5 rings (SSSR count). The molecule has 0 atom stereocenters. The monoisotopic (exact) mass is 548 g/mol. The van der Waals surface area contributed by atoms with Gasteiger partial charge >= 0.3 is 11.2 Å². The number of nitrogens with one attached hydrogen (secondary N) is 1. The number of anilines is 2. The molecule has 1 saturated heterocycles. The fourth-order valence-corrected chi connectivity index (χ4v) is 4.85. The molecule has 3 aromatic rings. The van der Waals surface area contributed by atoms with Crippen molar-refractivity contribution in [1.29, 1.82) is 0 Å². The van der Waals surface area contributed by atoms with Gasteiger partial charge in [-0.15, -0.1) is 0 Å². The topological polar surface area (TPSA) is 106 Å². The first-order valence-electron chi connectivity index (χ1n) is 11.7. The molecule has 10 nitrogen and oxygen atoms in total. The number of piperazine rings is 1. The first-order chi connectivity index (χ1) is 18.2. The maximum atomic E-state index is 12.5. The van der Waals surface area contributed by atoms with Crippen molar-refractivity contribution in [2.75, 3.05) is 43.2 Å².